The minimum atomic E-state index is -0.496. The number of ether oxygens (including phenoxy) is 2. The quantitative estimate of drug-likeness (QED) is 0.644. The minimum absolute atomic E-state index is 0.0221. The molecule has 0 bridgehead atoms. The molecule has 3 heterocycles. The lowest BCUT2D eigenvalue weighted by Crippen LogP contribution is -2.44. The molecule has 7 heteroatoms. The second kappa shape index (κ2) is 8.31. The first-order valence-corrected chi connectivity index (χ1v) is 11.5. The summed E-state index contributed by atoms with van der Waals surface area (Å²) in [6, 6.07) is 15.4. The summed E-state index contributed by atoms with van der Waals surface area (Å²) in [6.45, 7) is 0.574. The van der Waals surface area contributed by atoms with Crippen LogP contribution in [0.3, 0.4) is 0 Å². The summed E-state index contributed by atoms with van der Waals surface area (Å²) in [4.78, 5) is 29.3. The molecule has 1 N–H and O–H groups in total. The zero-order chi connectivity index (χ0) is 22.2. The fourth-order valence-corrected chi connectivity index (χ4v) is 5.62. The van der Waals surface area contributed by atoms with Crippen LogP contribution in [0.1, 0.15) is 39.9 Å². The van der Waals surface area contributed by atoms with Crippen molar-refractivity contribution in [2.45, 2.75) is 24.8 Å². The Morgan fingerprint density at radius 3 is 2.59 bits per heavy atom. The number of rotatable bonds is 4. The van der Waals surface area contributed by atoms with E-state index in [4.69, 9.17) is 9.47 Å². The summed E-state index contributed by atoms with van der Waals surface area (Å²) in [5.41, 5.74) is 3.78. The van der Waals surface area contributed by atoms with Crippen molar-refractivity contribution in [3.8, 4) is 11.5 Å². The topological polar surface area (TPSA) is 67.9 Å². The Morgan fingerprint density at radius 2 is 1.84 bits per heavy atom. The highest BCUT2D eigenvalue weighted by molar-refractivity contribution is 7.10. The van der Waals surface area contributed by atoms with Gasteiger partial charge < -0.3 is 19.7 Å². The van der Waals surface area contributed by atoms with Crippen LogP contribution >= 0.6 is 11.3 Å². The molecule has 3 aromatic rings. The van der Waals surface area contributed by atoms with E-state index in [2.05, 4.69) is 11.4 Å². The highest BCUT2D eigenvalue weighted by Gasteiger charge is 2.39. The molecule has 2 aliphatic heterocycles. The average molecular weight is 449 g/mol. The Labute approximate surface area is 190 Å². The molecule has 0 radical (unpaired) electrons. The molecule has 2 atom stereocenters. The van der Waals surface area contributed by atoms with Crippen molar-refractivity contribution >= 4 is 28.8 Å². The Morgan fingerprint density at radius 1 is 1.06 bits per heavy atom. The summed E-state index contributed by atoms with van der Waals surface area (Å²) < 4.78 is 11.1. The molecule has 0 spiro atoms. The number of nitrogens with one attached hydrogen (secondary N) is 1. The third-order valence-corrected chi connectivity index (χ3v) is 7.19. The van der Waals surface area contributed by atoms with Crippen LogP contribution in [-0.2, 0) is 16.0 Å². The van der Waals surface area contributed by atoms with E-state index in [0.29, 0.717) is 24.5 Å². The van der Waals surface area contributed by atoms with Crippen LogP contribution in [0.2, 0.25) is 0 Å². The first-order valence-electron chi connectivity index (χ1n) is 10.6. The van der Waals surface area contributed by atoms with Gasteiger partial charge in [0.05, 0.1) is 26.2 Å². The largest absolute Gasteiger partial charge is 0.493 e. The molecule has 5 rings (SSSR count). The van der Waals surface area contributed by atoms with Gasteiger partial charge in [0, 0.05) is 23.5 Å². The van der Waals surface area contributed by atoms with E-state index in [1.807, 2.05) is 52.7 Å². The van der Waals surface area contributed by atoms with Crippen molar-refractivity contribution in [3.63, 3.8) is 0 Å². The molecule has 0 fully saturated rings. The van der Waals surface area contributed by atoms with Gasteiger partial charge in [0.1, 0.15) is 0 Å². The number of carbonyl (C=O) groups is 2. The molecule has 0 saturated heterocycles. The van der Waals surface area contributed by atoms with Gasteiger partial charge in [-0.1, -0.05) is 24.3 Å². The highest BCUT2D eigenvalue weighted by atomic mass is 32.1. The Bertz CT molecular complexity index is 1170. The van der Waals surface area contributed by atoms with Gasteiger partial charge in [-0.05, 0) is 52.8 Å². The predicted molar refractivity (Wildman–Crippen MR) is 124 cm³/mol. The molecule has 164 valence electrons. The number of hydrogen-bond donors (Lipinski definition) is 1. The third kappa shape index (κ3) is 3.42. The van der Waals surface area contributed by atoms with Gasteiger partial charge in [-0.15, -0.1) is 11.3 Å². The van der Waals surface area contributed by atoms with Crippen LogP contribution in [0.15, 0.2) is 53.9 Å². The standard InChI is InChI=1S/C25H24N2O4S/c1-30-20-12-15-9-10-27(24(22-8-5-11-32-22)17(15)13-21(20)31-2)25(29)18-14-23(28)26-19-7-4-3-6-16(18)19/h3-8,11-13,18,24H,9-10,14H2,1-2H3,(H,26,28). The summed E-state index contributed by atoms with van der Waals surface area (Å²) >= 11 is 1.63. The number of amides is 2. The predicted octanol–water partition coefficient (Wildman–Crippen LogP) is 4.37. The van der Waals surface area contributed by atoms with E-state index in [-0.39, 0.29) is 24.3 Å². The molecule has 0 saturated carbocycles. The maximum Gasteiger partial charge on any atom is 0.231 e. The number of thiophene rings is 1. The fraction of sp³-hybridized carbons (Fsp3) is 0.280. The lowest BCUT2D eigenvalue weighted by molar-refractivity contribution is -0.136. The maximum absolute atomic E-state index is 13.9. The number of benzene rings is 2. The van der Waals surface area contributed by atoms with E-state index in [0.717, 1.165) is 27.3 Å². The molecule has 32 heavy (non-hydrogen) atoms. The van der Waals surface area contributed by atoms with Gasteiger partial charge in [-0.3, -0.25) is 9.59 Å². The summed E-state index contributed by atoms with van der Waals surface area (Å²) in [7, 11) is 3.25. The van der Waals surface area contributed by atoms with Gasteiger partial charge >= 0.3 is 0 Å². The number of nitrogens with zero attached hydrogens (tertiary/aromatic N) is 1. The fourth-order valence-electron chi connectivity index (χ4n) is 4.77. The van der Waals surface area contributed by atoms with Crippen LogP contribution in [0.5, 0.6) is 11.5 Å². The molecule has 0 aliphatic carbocycles. The van der Waals surface area contributed by atoms with Crippen LogP contribution in [0.25, 0.3) is 0 Å². The molecular weight excluding hydrogens is 424 g/mol. The molecule has 2 aromatic carbocycles. The van der Waals surface area contributed by atoms with Crippen LogP contribution in [-0.4, -0.2) is 37.5 Å². The lowest BCUT2D eigenvalue weighted by Gasteiger charge is -2.40. The van der Waals surface area contributed by atoms with Gasteiger partial charge in [0.25, 0.3) is 0 Å². The first kappa shape index (κ1) is 20.6. The van der Waals surface area contributed by atoms with Crippen LogP contribution in [0.4, 0.5) is 5.69 Å². The van der Waals surface area contributed by atoms with Crippen LogP contribution in [0, 0.1) is 0 Å². The monoisotopic (exact) mass is 448 g/mol. The van der Waals surface area contributed by atoms with Gasteiger partial charge in [-0.2, -0.15) is 0 Å². The summed E-state index contributed by atoms with van der Waals surface area (Å²) in [6.07, 6.45) is 0.867. The molecular formula is C25H24N2O4S. The van der Waals surface area contributed by atoms with E-state index in [9.17, 15) is 9.59 Å². The molecule has 6 nitrogen and oxygen atoms in total. The van der Waals surface area contributed by atoms with E-state index in [1.54, 1.807) is 25.6 Å². The third-order valence-electron chi connectivity index (χ3n) is 6.27. The number of methoxy groups -OCH3 is 2. The summed E-state index contributed by atoms with van der Waals surface area (Å²) in [5, 5.41) is 4.92. The first-order chi connectivity index (χ1) is 15.6. The van der Waals surface area contributed by atoms with Gasteiger partial charge in [0.15, 0.2) is 11.5 Å². The maximum atomic E-state index is 13.9. The van der Waals surface area contributed by atoms with E-state index < -0.39 is 5.92 Å². The van der Waals surface area contributed by atoms with Gasteiger partial charge in [-0.25, -0.2) is 0 Å². The molecule has 2 aliphatic rings. The SMILES string of the molecule is COc1cc2c(cc1OC)C(c1cccs1)N(C(=O)C1CC(=O)Nc3ccccc31)CC2. The number of carbonyl (C=O) groups excluding carboxylic acids is 2. The molecule has 2 unspecified atom stereocenters. The zero-order valence-corrected chi connectivity index (χ0v) is 18.8. The second-order valence-corrected chi connectivity index (χ2v) is 8.98. The van der Waals surface area contributed by atoms with Gasteiger partial charge in [0.2, 0.25) is 11.8 Å². The van der Waals surface area contributed by atoms with Crippen molar-refractivity contribution < 1.29 is 19.1 Å². The van der Waals surface area contributed by atoms with Crippen LogP contribution < -0.4 is 14.8 Å². The second-order valence-electron chi connectivity index (χ2n) is 8.00. The number of anilines is 1. The minimum Gasteiger partial charge on any atom is -0.493 e. The number of para-hydroxylation sites is 1. The normalized spacial score (nSPS) is 19.6. The molecule has 1 aromatic heterocycles. The molecule has 2 amide bonds. The lowest BCUT2D eigenvalue weighted by atomic mass is 9.86. The Kier molecular flexibility index (Phi) is 5.35. The Hall–Kier alpha value is -3.32. The van der Waals surface area contributed by atoms with Crippen molar-refractivity contribution in [2.24, 2.45) is 0 Å². The summed E-state index contributed by atoms with van der Waals surface area (Å²) in [5.74, 6) is 0.687. The highest BCUT2D eigenvalue weighted by Crippen LogP contribution is 2.44. The van der Waals surface area contributed by atoms with E-state index in [1.165, 1.54) is 0 Å². The van der Waals surface area contributed by atoms with E-state index >= 15 is 0 Å². The number of fused-ring (bicyclic) bond motifs is 2. The van der Waals surface area contributed by atoms with Crippen molar-refractivity contribution in [2.75, 3.05) is 26.1 Å². The zero-order valence-electron chi connectivity index (χ0n) is 18.0. The van der Waals surface area contributed by atoms with Crippen molar-refractivity contribution in [3.05, 3.63) is 75.5 Å². The van der Waals surface area contributed by atoms with Crippen molar-refractivity contribution in [1.29, 1.82) is 0 Å². The van der Waals surface area contributed by atoms with Crippen molar-refractivity contribution in [1.82, 2.24) is 4.90 Å². The number of hydrogen-bond acceptors (Lipinski definition) is 5. The average Bonchev–Trinajstić information content (AvgIpc) is 3.35. The Balaban J connectivity index is 1.59. The smallest absolute Gasteiger partial charge is 0.231 e.